The van der Waals surface area contributed by atoms with Crippen molar-refractivity contribution in [2.24, 2.45) is 11.7 Å². The number of nitrogens with zero attached hydrogens (tertiary/aromatic N) is 3. The summed E-state index contributed by atoms with van der Waals surface area (Å²) in [5.74, 6) is -2.88. The van der Waals surface area contributed by atoms with E-state index >= 15 is 0 Å². The van der Waals surface area contributed by atoms with Crippen molar-refractivity contribution in [2.45, 2.75) is 83.8 Å². The molecule has 4 aliphatic heterocycles. The van der Waals surface area contributed by atoms with E-state index in [4.69, 9.17) is 43.9 Å². The topological polar surface area (TPSA) is 317 Å². The zero-order chi connectivity index (χ0) is 52.0. The maximum absolute atomic E-state index is 14.1. The van der Waals surface area contributed by atoms with Crippen molar-refractivity contribution in [2.75, 3.05) is 79.3 Å². The highest BCUT2D eigenvalue weighted by Crippen LogP contribution is 2.42. The van der Waals surface area contributed by atoms with Gasteiger partial charge in [-0.1, -0.05) is 13.8 Å². The summed E-state index contributed by atoms with van der Waals surface area (Å²) in [6, 6.07) is 3.07. The normalized spacial score (nSPS) is 16.0. The number of hydrogen-bond donors (Lipinski definition) is 6. The molecule has 24 nitrogen and oxygen atoms in total. The number of cyclic esters (lactones) is 1. The molecule has 24 heteroatoms. The smallest absolute Gasteiger partial charge is 0.340 e. The predicted molar refractivity (Wildman–Crippen MR) is 256 cm³/mol. The summed E-state index contributed by atoms with van der Waals surface area (Å²) in [6.07, 6.45) is 2.06. The number of imide groups is 1. The molecule has 0 bridgehead atoms. The Balaban J connectivity index is 0.839. The van der Waals surface area contributed by atoms with Crippen LogP contribution in [0.15, 0.2) is 35.1 Å². The summed E-state index contributed by atoms with van der Waals surface area (Å²) < 4.78 is 39.8. The van der Waals surface area contributed by atoms with Gasteiger partial charge in [0, 0.05) is 67.2 Å². The molecule has 6 amide bonds. The SMILES string of the molecule is CC(C)[C@H](NC(=O)CCOCCOCCOCCOCCNC(=O)CCN1C(=O)C=CC1=O)C(=O)N[C@@H](CCCCN)C(=O)NCc1c2c(nc3cc4c(cc13)OCO4)-c1cc3c(c(=O)n1C2)COC(=O)[C@H]3O. The number of carbonyl (C=O) groups is 7. The third-order valence-electron chi connectivity index (χ3n) is 12.5. The van der Waals surface area contributed by atoms with Crippen LogP contribution < -0.4 is 42.0 Å². The number of ether oxygens (including phenoxy) is 7. The number of amides is 6. The number of pyridine rings is 2. The maximum atomic E-state index is 14.1. The Morgan fingerprint density at radius 2 is 1.47 bits per heavy atom. The fourth-order valence-electron chi connectivity index (χ4n) is 8.55. The van der Waals surface area contributed by atoms with Crippen LogP contribution in [0.2, 0.25) is 0 Å². The lowest BCUT2D eigenvalue weighted by atomic mass is 9.98. The van der Waals surface area contributed by atoms with Gasteiger partial charge < -0.3 is 69.8 Å². The second kappa shape index (κ2) is 25.7. The Bertz CT molecular complexity index is 2640. The Morgan fingerprint density at radius 1 is 0.795 bits per heavy atom. The number of esters is 1. The van der Waals surface area contributed by atoms with Gasteiger partial charge in [-0.3, -0.25) is 38.5 Å². The van der Waals surface area contributed by atoms with Crippen molar-refractivity contribution in [3.63, 3.8) is 0 Å². The van der Waals surface area contributed by atoms with E-state index in [2.05, 4.69) is 21.3 Å². The average Bonchev–Trinajstić information content (AvgIpc) is 4.08. The Labute approximate surface area is 419 Å². The van der Waals surface area contributed by atoms with Gasteiger partial charge in [-0.2, -0.15) is 0 Å². The highest BCUT2D eigenvalue weighted by molar-refractivity contribution is 6.13. The van der Waals surface area contributed by atoms with Crippen molar-refractivity contribution in [3.05, 3.63) is 63.0 Å². The molecule has 73 heavy (non-hydrogen) atoms. The van der Waals surface area contributed by atoms with Gasteiger partial charge in [0.05, 0.1) is 81.9 Å². The number of benzene rings is 1. The number of aliphatic hydroxyl groups is 1. The number of aliphatic hydroxyl groups excluding tert-OH is 1. The molecule has 0 fully saturated rings. The van der Waals surface area contributed by atoms with E-state index in [0.29, 0.717) is 90.7 Å². The third-order valence-corrected chi connectivity index (χ3v) is 12.5. The molecule has 3 aromatic rings. The monoisotopic (exact) mass is 1020 g/mol. The molecule has 394 valence electrons. The van der Waals surface area contributed by atoms with Crippen molar-refractivity contribution in [3.8, 4) is 22.9 Å². The number of fused-ring (bicyclic) bond motifs is 6. The van der Waals surface area contributed by atoms with E-state index in [1.54, 1.807) is 32.0 Å². The van der Waals surface area contributed by atoms with Crippen molar-refractivity contribution >= 4 is 52.3 Å². The fraction of sp³-hybridized carbons (Fsp3) is 0.531. The van der Waals surface area contributed by atoms with Crippen LogP contribution in [0.25, 0.3) is 22.3 Å². The standard InChI is InChI=1S/C49H62N8O16/c1-28(2)43(55-40(59)9-13-67-15-17-69-19-20-70-18-16-68-14-11-51-39(58)8-12-56-41(60)6-7-42(56)61)47(64)54-34(5-3-4-10-50)46(63)52-24-31-29-22-37-38(73-27-72-37)23-35(29)53-44-32(31)25-57-36(44)21-30-33(48(57)65)26-71-49(66)45(30)62/h6-7,21-23,28,34,43,45,62H,3-5,8-20,24-27,50H2,1-2H3,(H,51,58)(H,52,63)(H,54,64)(H,55,59)/t34-,43-,45-/m0/s1. The molecule has 0 spiro atoms. The van der Waals surface area contributed by atoms with Gasteiger partial charge in [0.25, 0.3) is 17.4 Å². The van der Waals surface area contributed by atoms with Crippen LogP contribution in [-0.2, 0) is 76.9 Å². The Morgan fingerprint density at radius 3 is 2.15 bits per heavy atom. The molecular formula is C49H62N8O16. The number of aromatic nitrogens is 2. The van der Waals surface area contributed by atoms with Crippen LogP contribution in [0, 0.1) is 5.92 Å². The largest absolute Gasteiger partial charge is 0.458 e. The first-order valence-electron chi connectivity index (χ1n) is 24.3. The summed E-state index contributed by atoms with van der Waals surface area (Å²) in [4.78, 5) is 108. The number of nitrogens with two attached hydrogens (primary N) is 1. The zero-order valence-corrected chi connectivity index (χ0v) is 40.8. The Kier molecular flexibility index (Phi) is 19.0. The highest BCUT2D eigenvalue weighted by atomic mass is 16.7. The number of hydrogen-bond acceptors (Lipinski definition) is 18. The van der Waals surface area contributed by atoms with Crippen LogP contribution in [0.4, 0.5) is 0 Å². The minimum absolute atomic E-state index is 0.00404. The van der Waals surface area contributed by atoms with Crippen LogP contribution in [0.5, 0.6) is 11.5 Å². The molecule has 4 aliphatic rings. The number of carbonyl (C=O) groups excluding carboxylic acids is 7. The molecule has 0 saturated carbocycles. The number of rotatable bonds is 29. The minimum atomic E-state index is -1.64. The van der Waals surface area contributed by atoms with Crippen molar-refractivity contribution in [1.29, 1.82) is 0 Å². The van der Waals surface area contributed by atoms with Gasteiger partial charge in [-0.25, -0.2) is 9.78 Å². The Hall–Kier alpha value is -6.83. The molecule has 7 N–H and O–H groups in total. The zero-order valence-electron chi connectivity index (χ0n) is 40.8. The average molecular weight is 1020 g/mol. The lowest BCUT2D eigenvalue weighted by molar-refractivity contribution is -0.157. The fourth-order valence-corrected chi connectivity index (χ4v) is 8.55. The van der Waals surface area contributed by atoms with Crippen molar-refractivity contribution < 1.29 is 71.8 Å². The van der Waals surface area contributed by atoms with Crippen LogP contribution in [-0.4, -0.2) is 152 Å². The van der Waals surface area contributed by atoms with Gasteiger partial charge >= 0.3 is 5.97 Å². The highest BCUT2D eigenvalue weighted by Gasteiger charge is 2.36. The van der Waals surface area contributed by atoms with Crippen LogP contribution in [0.3, 0.4) is 0 Å². The van der Waals surface area contributed by atoms with Gasteiger partial charge in [0.1, 0.15) is 18.7 Å². The molecule has 0 unspecified atom stereocenters. The van der Waals surface area contributed by atoms with E-state index in [1.807, 2.05) is 0 Å². The summed E-state index contributed by atoms with van der Waals surface area (Å²) in [5.41, 5.74) is 8.21. The molecule has 1 aromatic carbocycles. The molecule has 0 aliphatic carbocycles. The molecule has 7 rings (SSSR count). The van der Waals surface area contributed by atoms with E-state index in [9.17, 15) is 43.5 Å². The quantitative estimate of drug-likeness (QED) is 0.0227. The van der Waals surface area contributed by atoms with Crippen LogP contribution in [0.1, 0.15) is 74.3 Å². The van der Waals surface area contributed by atoms with Gasteiger partial charge in [-0.15, -0.1) is 0 Å². The minimum Gasteiger partial charge on any atom is -0.458 e. The van der Waals surface area contributed by atoms with Gasteiger partial charge in [-0.05, 0) is 49.4 Å². The number of unbranched alkanes of at least 4 members (excludes halogenated alkanes) is 1. The molecular weight excluding hydrogens is 957 g/mol. The lowest BCUT2D eigenvalue weighted by Crippen LogP contribution is -2.55. The van der Waals surface area contributed by atoms with E-state index < -0.39 is 59.3 Å². The third kappa shape index (κ3) is 13.6. The van der Waals surface area contributed by atoms with E-state index in [0.717, 1.165) is 4.90 Å². The molecule has 2 aromatic heterocycles. The molecule has 6 heterocycles. The second-order valence-electron chi connectivity index (χ2n) is 17.8. The molecule has 3 atom stereocenters. The van der Waals surface area contributed by atoms with Gasteiger partial charge in [0.2, 0.25) is 30.4 Å². The summed E-state index contributed by atoms with van der Waals surface area (Å²) in [6.45, 7) is 6.01. The maximum Gasteiger partial charge on any atom is 0.340 e. The summed E-state index contributed by atoms with van der Waals surface area (Å²) >= 11 is 0. The van der Waals surface area contributed by atoms with E-state index in [-0.39, 0.29) is 108 Å². The number of nitrogens with one attached hydrogen (secondary N) is 4. The predicted octanol–water partition coefficient (Wildman–Crippen LogP) is -0.497. The van der Waals surface area contributed by atoms with Crippen LogP contribution >= 0.6 is 0 Å². The van der Waals surface area contributed by atoms with Crippen molar-refractivity contribution in [1.82, 2.24) is 35.7 Å². The first-order chi connectivity index (χ1) is 35.2. The van der Waals surface area contributed by atoms with E-state index in [1.165, 1.54) is 16.7 Å². The van der Waals surface area contributed by atoms with Gasteiger partial charge in [0.15, 0.2) is 17.6 Å². The lowest BCUT2D eigenvalue weighted by Gasteiger charge is -2.25. The first-order valence-corrected chi connectivity index (χ1v) is 24.3. The second-order valence-corrected chi connectivity index (χ2v) is 17.8. The summed E-state index contributed by atoms with van der Waals surface area (Å²) in [5, 5.41) is 22.6. The molecule has 0 saturated heterocycles. The first kappa shape index (κ1) is 54.0. The summed E-state index contributed by atoms with van der Waals surface area (Å²) in [7, 11) is 0. The molecule has 0 radical (unpaired) electrons.